The summed E-state index contributed by atoms with van der Waals surface area (Å²) >= 11 is 0. The van der Waals surface area contributed by atoms with Gasteiger partial charge in [-0.3, -0.25) is 0 Å². The van der Waals surface area contributed by atoms with Crippen molar-refractivity contribution in [2.45, 2.75) is 44.7 Å². The lowest BCUT2D eigenvalue weighted by Crippen LogP contribution is -1.96. The molecule has 13 heavy (non-hydrogen) atoms. The third-order valence-corrected chi connectivity index (χ3v) is 4.15. The molecule has 1 N–H and O–H groups in total. The van der Waals surface area contributed by atoms with E-state index in [0.29, 0.717) is 6.61 Å². The smallest absolute Gasteiger partial charge is 0.0463 e. The molecule has 0 aromatic rings. The van der Waals surface area contributed by atoms with Crippen LogP contribution in [0, 0.1) is 0 Å². The van der Waals surface area contributed by atoms with E-state index in [2.05, 4.69) is 0 Å². The molecule has 80 valence electrons. The molecule has 0 unspecified atom stereocenters. The van der Waals surface area contributed by atoms with Crippen LogP contribution in [0.15, 0.2) is 0 Å². The van der Waals surface area contributed by atoms with E-state index in [0.717, 1.165) is 19.6 Å². The first-order chi connectivity index (χ1) is 6.41. The molecular formula is C10H24O2Si. The van der Waals surface area contributed by atoms with Crippen LogP contribution in [0.4, 0.5) is 0 Å². The molecule has 3 heteroatoms. The zero-order chi connectivity index (χ0) is 9.78. The average molecular weight is 204 g/mol. The van der Waals surface area contributed by atoms with Crippen molar-refractivity contribution in [1.82, 2.24) is 0 Å². The van der Waals surface area contributed by atoms with Gasteiger partial charge < -0.3 is 9.84 Å². The lowest BCUT2D eigenvalue weighted by molar-refractivity contribution is 0.148. The summed E-state index contributed by atoms with van der Waals surface area (Å²) in [4.78, 5) is 0. The highest BCUT2D eigenvalue weighted by Crippen LogP contribution is 2.01. The van der Waals surface area contributed by atoms with Gasteiger partial charge in [0.1, 0.15) is 0 Å². The molecule has 0 amide bonds. The molecule has 0 atom stereocenters. The normalized spacial score (nSPS) is 11.5. The Morgan fingerprint density at radius 1 is 1.08 bits per heavy atom. The van der Waals surface area contributed by atoms with Gasteiger partial charge in [0.25, 0.3) is 0 Å². The molecule has 0 aromatic heterocycles. The minimum absolute atomic E-state index is 0.194. The lowest BCUT2D eigenvalue weighted by atomic mass is 10.3. The number of rotatable bonds is 10. The topological polar surface area (TPSA) is 29.5 Å². The molecule has 0 radical (unpaired) electrons. The summed E-state index contributed by atoms with van der Waals surface area (Å²) in [5.41, 5.74) is 0. The Kier molecular flexibility index (Phi) is 12.3. The highest BCUT2D eigenvalue weighted by atomic mass is 28.2. The van der Waals surface area contributed by atoms with Gasteiger partial charge >= 0.3 is 0 Å². The van der Waals surface area contributed by atoms with Crippen LogP contribution in [0.5, 0.6) is 0 Å². The molecule has 2 nitrogen and oxygen atoms in total. The van der Waals surface area contributed by atoms with Gasteiger partial charge in [-0.2, -0.15) is 0 Å². The number of aliphatic hydroxyl groups is 1. The quantitative estimate of drug-likeness (QED) is 0.432. The molecular weight excluding hydrogens is 180 g/mol. The summed E-state index contributed by atoms with van der Waals surface area (Å²) < 4.78 is 5.27. The average Bonchev–Trinajstić information content (AvgIpc) is 2.16. The van der Waals surface area contributed by atoms with Crippen LogP contribution in [0.2, 0.25) is 12.1 Å². The van der Waals surface area contributed by atoms with Crippen molar-refractivity contribution < 1.29 is 9.84 Å². The van der Waals surface area contributed by atoms with Crippen LogP contribution >= 0.6 is 0 Å². The Labute approximate surface area is 84.5 Å². The van der Waals surface area contributed by atoms with Crippen molar-refractivity contribution in [2.75, 3.05) is 19.8 Å². The lowest BCUT2D eigenvalue weighted by Gasteiger charge is -2.01. The number of unbranched alkanes of at least 4 members (excludes halogenated alkanes) is 2. The van der Waals surface area contributed by atoms with Gasteiger partial charge in [-0.1, -0.05) is 24.9 Å². The van der Waals surface area contributed by atoms with Crippen LogP contribution in [0.1, 0.15) is 32.6 Å². The molecule has 0 bridgehead atoms. The van der Waals surface area contributed by atoms with Crippen molar-refractivity contribution in [3.05, 3.63) is 0 Å². The standard InChI is InChI=1S/C10H24O2Si/c1-2-12-8-6-10-13-9-5-3-4-7-11/h11H,2-10,13H2,1H3. The highest BCUT2D eigenvalue weighted by molar-refractivity contribution is 6.35. The van der Waals surface area contributed by atoms with E-state index in [1.54, 1.807) is 0 Å². The van der Waals surface area contributed by atoms with E-state index < -0.39 is 0 Å². The number of aliphatic hydroxyl groups excluding tert-OH is 1. The van der Waals surface area contributed by atoms with Crippen molar-refractivity contribution in [3.63, 3.8) is 0 Å². The van der Waals surface area contributed by atoms with Gasteiger partial charge in [0.05, 0.1) is 0 Å². The van der Waals surface area contributed by atoms with E-state index in [4.69, 9.17) is 9.84 Å². The molecule has 0 aromatic carbocycles. The third-order valence-electron chi connectivity index (χ3n) is 2.15. The first-order valence-corrected chi connectivity index (χ1v) is 7.60. The predicted octanol–water partition coefficient (Wildman–Crippen LogP) is 1.58. The van der Waals surface area contributed by atoms with E-state index >= 15 is 0 Å². The first kappa shape index (κ1) is 13.1. The fourth-order valence-electron chi connectivity index (χ4n) is 1.34. The van der Waals surface area contributed by atoms with Crippen molar-refractivity contribution >= 4 is 9.52 Å². The largest absolute Gasteiger partial charge is 0.396 e. The Balaban J connectivity index is 2.76. The predicted molar refractivity (Wildman–Crippen MR) is 60.2 cm³/mol. The SMILES string of the molecule is CCOCCC[SiH2]CCCCCO. The van der Waals surface area contributed by atoms with Gasteiger partial charge in [-0.15, -0.1) is 0 Å². The highest BCUT2D eigenvalue weighted by Gasteiger charge is 1.91. The van der Waals surface area contributed by atoms with E-state index in [1.807, 2.05) is 6.92 Å². The Hall–Kier alpha value is 0.137. The van der Waals surface area contributed by atoms with Crippen molar-refractivity contribution in [3.8, 4) is 0 Å². The van der Waals surface area contributed by atoms with E-state index in [1.165, 1.54) is 31.4 Å². The summed E-state index contributed by atoms with van der Waals surface area (Å²) in [5.74, 6) is 0. The maximum absolute atomic E-state index is 8.56. The molecule has 0 rings (SSSR count). The molecule has 0 fully saturated rings. The molecule has 0 aliphatic rings. The van der Waals surface area contributed by atoms with Crippen LogP contribution in [0.3, 0.4) is 0 Å². The summed E-state index contributed by atoms with van der Waals surface area (Å²) in [6.07, 6.45) is 4.81. The zero-order valence-electron chi connectivity index (χ0n) is 8.93. The number of ether oxygens (including phenoxy) is 1. The second-order valence-electron chi connectivity index (χ2n) is 3.40. The minimum Gasteiger partial charge on any atom is -0.396 e. The molecule has 0 spiro atoms. The second kappa shape index (κ2) is 12.1. The Bertz CT molecular complexity index is 79.0. The summed E-state index contributed by atoms with van der Waals surface area (Å²) in [6.45, 7) is 4.23. The van der Waals surface area contributed by atoms with Gasteiger partial charge in [-0.25, -0.2) is 0 Å². The fraction of sp³-hybridized carbons (Fsp3) is 1.00. The second-order valence-corrected chi connectivity index (χ2v) is 5.52. The van der Waals surface area contributed by atoms with Gasteiger partial charge in [0.2, 0.25) is 0 Å². The Morgan fingerprint density at radius 2 is 1.85 bits per heavy atom. The van der Waals surface area contributed by atoms with E-state index in [9.17, 15) is 0 Å². The molecule has 0 aliphatic heterocycles. The maximum Gasteiger partial charge on any atom is 0.0463 e. The monoisotopic (exact) mass is 204 g/mol. The minimum atomic E-state index is 0.194. The number of hydrogen-bond acceptors (Lipinski definition) is 2. The van der Waals surface area contributed by atoms with Gasteiger partial charge in [0.15, 0.2) is 0 Å². The fourth-order valence-corrected chi connectivity index (χ4v) is 2.96. The Morgan fingerprint density at radius 3 is 2.54 bits per heavy atom. The van der Waals surface area contributed by atoms with Crippen LogP contribution < -0.4 is 0 Å². The molecule has 0 saturated heterocycles. The number of hydrogen-bond donors (Lipinski definition) is 1. The van der Waals surface area contributed by atoms with Crippen molar-refractivity contribution in [1.29, 1.82) is 0 Å². The maximum atomic E-state index is 8.56. The van der Waals surface area contributed by atoms with E-state index in [-0.39, 0.29) is 9.52 Å². The summed E-state index contributed by atoms with van der Waals surface area (Å²) in [6, 6.07) is 2.88. The molecule has 0 aliphatic carbocycles. The van der Waals surface area contributed by atoms with Gasteiger partial charge in [0, 0.05) is 29.3 Å². The first-order valence-electron chi connectivity index (χ1n) is 5.60. The zero-order valence-corrected chi connectivity index (χ0v) is 10.3. The van der Waals surface area contributed by atoms with Gasteiger partial charge in [-0.05, 0) is 19.8 Å². The van der Waals surface area contributed by atoms with Crippen LogP contribution in [0.25, 0.3) is 0 Å². The third kappa shape index (κ3) is 12.1. The van der Waals surface area contributed by atoms with Crippen molar-refractivity contribution in [2.24, 2.45) is 0 Å². The summed E-state index contributed by atoms with van der Waals surface area (Å²) in [7, 11) is 0.194. The molecule has 0 heterocycles. The van der Waals surface area contributed by atoms with Crippen LogP contribution in [-0.2, 0) is 4.74 Å². The molecule has 0 saturated carbocycles. The summed E-state index contributed by atoms with van der Waals surface area (Å²) in [5, 5.41) is 8.56. The van der Waals surface area contributed by atoms with Crippen LogP contribution in [-0.4, -0.2) is 34.4 Å².